The lowest BCUT2D eigenvalue weighted by Gasteiger charge is -2.24. The molecule has 0 spiro atoms. The first-order chi connectivity index (χ1) is 17.2. The molecule has 2 N–H and O–H groups in total. The van der Waals surface area contributed by atoms with E-state index >= 15 is 0 Å². The van der Waals surface area contributed by atoms with Crippen LogP contribution in [0.3, 0.4) is 0 Å². The highest BCUT2D eigenvalue weighted by atomic mass is 35.5. The number of carbonyl (C=O) groups excluding carboxylic acids is 3. The number of nitrogens with zero attached hydrogens (tertiary/aromatic N) is 2. The SMILES string of the molecule is Cc1ccc(NC(=O)CC2C(=O)N(Cc3ccccc3)C(=S)N2NC(=O)c2ccc(Cl)cc2)c(C)c1. The minimum absolute atomic E-state index is 0.121. The maximum absolute atomic E-state index is 13.4. The molecular weight excluding hydrogens is 496 g/mol. The topological polar surface area (TPSA) is 81.8 Å². The van der Waals surface area contributed by atoms with Crippen molar-refractivity contribution in [3.8, 4) is 0 Å². The summed E-state index contributed by atoms with van der Waals surface area (Å²) in [6.45, 7) is 4.10. The molecule has 0 aliphatic carbocycles. The largest absolute Gasteiger partial charge is 0.326 e. The van der Waals surface area contributed by atoms with Crippen molar-refractivity contribution in [2.75, 3.05) is 5.32 Å². The predicted octanol–water partition coefficient (Wildman–Crippen LogP) is 4.63. The van der Waals surface area contributed by atoms with E-state index in [9.17, 15) is 14.4 Å². The van der Waals surface area contributed by atoms with Gasteiger partial charge in [-0.25, -0.2) is 5.01 Å². The van der Waals surface area contributed by atoms with E-state index in [0.29, 0.717) is 16.3 Å². The number of anilines is 1. The molecule has 1 atom stereocenters. The predicted molar refractivity (Wildman–Crippen MR) is 143 cm³/mol. The second kappa shape index (κ2) is 10.9. The molecule has 9 heteroatoms. The van der Waals surface area contributed by atoms with Crippen LogP contribution >= 0.6 is 23.8 Å². The minimum Gasteiger partial charge on any atom is -0.326 e. The van der Waals surface area contributed by atoms with E-state index in [1.807, 2.05) is 62.4 Å². The van der Waals surface area contributed by atoms with Gasteiger partial charge in [0.15, 0.2) is 5.11 Å². The molecule has 1 saturated heterocycles. The summed E-state index contributed by atoms with van der Waals surface area (Å²) in [4.78, 5) is 40.8. The van der Waals surface area contributed by atoms with Crippen molar-refractivity contribution in [1.29, 1.82) is 0 Å². The molecule has 3 aromatic rings. The molecule has 0 aromatic heterocycles. The highest BCUT2D eigenvalue weighted by Crippen LogP contribution is 2.23. The van der Waals surface area contributed by atoms with Crippen molar-refractivity contribution in [3.05, 3.63) is 100 Å². The monoisotopic (exact) mass is 520 g/mol. The lowest BCUT2D eigenvalue weighted by molar-refractivity contribution is -0.131. The van der Waals surface area contributed by atoms with E-state index in [4.69, 9.17) is 23.8 Å². The summed E-state index contributed by atoms with van der Waals surface area (Å²) in [6.07, 6.45) is -0.196. The zero-order chi connectivity index (χ0) is 25.8. The summed E-state index contributed by atoms with van der Waals surface area (Å²) in [5, 5.41) is 4.79. The molecule has 3 aromatic carbocycles. The van der Waals surface area contributed by atoms with E-state index in [1.54, 1.807) is 24.3 Å². The van der Waals surface area contributed by atoms with Crippen LogP contribution in [-0.4, -0.2) is 38.8 Å². The molecule has 0 saturated carbocycles. The van der Waals surface area contributed by atoms with E-state index in [0.717, 1.165) is 16.7 Å². The number of nitrogens with one attached hydrogen (secondary N) is 2. The van der Waals surface area contributed by atoms with E-state index in [-0.39, 0.29) is 29.9 Å². The molecule has 184 valence electrons. The summed E-state index contributed by atoms with van der Waals surface area (Å²) >= 11 is 11.5. The first-order valence-corrected chi connectivity index (χ1v) is 12.1. The van der Waals surface area contributed by atoms with Crippen LogP contribution in [0.1, 0.15) is 33.5 Å². The van der Waals surface area contributed by atoms with Crippen molar-refractivity contribution in [2.45, 2.75) is 32.9 Å². The Kier molecular flexibility index (Phi) is 7.67. The van der Waals surface area contributed by atoms with Gasteiger partial charge in [0.2, 0.25) is 5.91 Å². The van der Waals surface area contributed by atoms with Crippen LogP contribution in [-0.2, 0) is 16.1 Å². The highest BCUT2D eigenvalue weighted by Gasteiger charge is 2.44. The van der Waals surface area contributed by atoms with Gasteiger partial charge in [-0.1, -0.05) is 59.6 Å². The van der Waals surface area contributed by atoms with Crippen molar-refractivity contribution in [1.82, 2.24) is 15.3 Å². The zero-order valence-electron chi connectivity index (χ0n) is 19.8. The average Bonchev–Trinajstić information content (AvgIpc) is 3.06. The standard InChI is InChI=1S/C27H25ClN4O3S/c1-17-8-13-22(18(2)14-17)29-24(33)15-23-26(35)31(16-19-6-4-3-5-7-19)27(36)32(23)30-25(34)20-9-11-21(28)12-10-20/h3-14,23H,15-16H2,1-2H3,(H,29,33)(H,30,34). The lowest BCUT2D eigenvalue weighted by atomic mass is 10.1. The van der Waals surface area contributed by atoms with Crippen molar-refractivity contribution < 1.29 is 14.4 Å². The molecule has 1 fully saturated rings. The first-order valence-electron chi connectivity index (χ1n) is 11.3. The van der Waals surface area contributed by atoms with Gasteiger partial charge in [0.05, 0.1) is 13.0 Å². The second-order valence-corrected chi connectivity index (χ2v) is 9.40. The Balaban J connectivity index is 1.56. The highest BCUT2D eigenvalue weighted by molar-refractivity contribution is 7.80. The lowest BCUT2D eigenvalue weighted by Crippen LogP contribution is -2.49. The molecule has 0 radical (unpaired) electrons. The van der Waals surface area contributed by atoms with Crippen molar-refractivity contribution in [2.24, 2.45) is 0 Å². The summed E-state index contributed by atoms with van der Waals surface area (Å²) in [6, 6.07) is 20.4. The van der Waals surface area contributed by atoms with Crippen LogP contribution in [0.4, 0.5) is 5.69 Å². The summed E-state index contributed by atoms with van der Waals surface area (Å²) < 4.78 is 0. The fourth-order valence-corrected chi connectivity index (χ4v) is 4.42. The number of hydrogen-bond donors (Lipinski definition) is 2. The van der Waals surface area contributed by atoms with Gasteiger partial charge in [-0.05, 0) is 67.5 Å². The van der Waals surface area contributed by atoms with E-state index in [1.165, 1.54) is 9.91 Å². The third-order valence-electron chi connectivity index (χ3n) is 5.85. The molecule has 3 amide bonds. The smallest absolute Gasteiger partial charge is 0.269 e. The van der Waals surface area contributed by atoms with Gasteiger partial charge in [0.1, 0.15) is 6.04 Å². The molecule has 1 heterocycles. The average molecular weight is 521 g/mol. The van der Waals surface area contributed by atoms with E-state index in [2.05, 4.69) is 10.7 Å². The Morgan fingerprint density at radius 3 is 2.36 bits per heavy atom. The van der Waals surface area contributed by atoms with Gasteiger partial charge in [-0.2, -0.15) is 0 Å². The zero-order valence-corrected chi connectivity index (χ0v) is 21.4. The van der Waals surface area contributed by atoms with Crippen LogP contribution in [0.25, 0.3) is 0 Å². The number of carbonyl (C=O) groups is 3. The van der Waals surface area contributed by atoms with Gasteiger partial charge >= 0.3 is 0 Å². The maximum Gasteiger partial charge on any atom is 0.269 e. The molecule has 36 heavy (non-hydrogen) atoms. The normalized spacial score (nSPS) is 15.2. The van der Waals surface area contributed by atoms with Crippen molar-refractivity contribution >= 4 is 52.3 Å². The summed E-state index contributed by atoms with van der Waals surface area (Å²) in [5.74, 6) is -1.20. The third kappa shape index (κ3) is 5.72. The minimum atomic E-state index is -0.997. The van der Waals surface area contributed by atoms with Crippen LogP contribution in [0.15, 0.2) is 72.8 Å². The quantitative estimate of drug-likeness (QED) is 0.444. The van der Waals surface area contributed by atoms with Crippen LogP contribution in [0, 0.1) is 13.8 Å². The van der Waals surface area contributed by atoms with Gasteiger partial charge < -0.3 is 5.32 Å². The number of amides is 3. The number of halogens is 1. The van der Waals surface area contributed by atoms with Gasteiger partial charge in [0, 0.05) is 16.3 Å². The number of aryl methyl sites for hydroxylation is 2. The molecule has 0 bridgehead atoms. The number of hydrazine groups is 1. The maximum atomic E-state index is 13.4. The summed E-state index contributed by atoms with van der Waals surface area (Å²) in [5.41, 5.74) is 6.59. The molecule has 1 aliphatic heterocycles. The molecule has 4 rings (SSSR count). The Hall–Kier alpha value is -3.75. The molecular formula is C27H25ClN4O3S. The third-order valence-corrected chi connectivity index (χ3v) is 6.52. The van der Waals surface area contributed by atoms with Crippen LogP contribution in [0.2, 0.25) is 5.02 Å². The van der Waals surface area contributed by atoms with Crippen LogP contribution in [0.5, 0.6) is 0 Å². The van der Waals surface area contributed by atoms with Crippen molar-refractivity contribution in [3.63, 3.8) is 0 Å². The number of hydrogen-bond acceptors (Lipinski definition) is 4. The first kappa shape index (κ1) is 25.3. The van der Waals surface area contributed by atoms with E-state index < -0.39 is 11.9 Å². The molecule has 7 nitrogen and oxygen atoms in total. The Bertz CT molecular complexity index is 1310. The van der Waals surface area contributed by atoms with Gasteiger partial charge in [-0.3, -0.25) is 24.7 Å². The molecule has 1 unspecified atom stereocenters. The Morgan fingerprint density at radius 2 is 1.69 bits per heavy atom. The van der Waals surface area contributed by atoms with Gasteiger partial charge in [-0.15, -0.1) is 0 Å². The fourth-order valence-electron chi connectivity index (χ4n) is 3.97. The van der Waals surface area contributed by atoms with Crippen LogP contribution < -0.4 is 10.7 Å². The fraction of sp³-hybridized carbons (Fsp3) is 0.185. The second-order valence-electron chi connectivity index (χ2n) is 8.60. The molecule has 1 aliphatic rings. The Labute approximate surface area is 220 Å². The number of benzene rings is 3. The number of rotatable bonds is 7. The summed E-state index contributed by atoms with van der Waals surface area (Å²) in [7, 11) is 0. The Morgan fingerprint density at radius 1 is 1.00 bits per heavy atom. The number of thiocarbonyl (C=S) groups is 1. The van der Waals surface area contributed by atoms with Gasteiger partial charge in [0.25, 0.3) is 11.8 Å².